The average molecular weight is 482 g/mol. The van der Waals surface area contributed by atoms with Crippen molar-refractivity contribution in [2.75, 3.05) is 29.8 Å². The zero-order valence-electron chi connectivity index (χ0n) is 16.6. The van der Waals surface area contributed by atoms with Gasteiger partial charge in [-0.25, -0.2) is 9.78 Å². The standard InChI is InChI=1S/C22H20BrN5O3/c1-30-13-24-21-27-19-9-8-18(12-20(19)28-21)31-17-7-3-6-16(11-17)26-22(29)25-15-5-2-4-14(23)10-15/h2-12H,13H2,1H3,(H2,24,27,28)(H2,25,26,29). The maximum atomic E-state index is 12.3. The molecule has 4 N–H and O–H groups in total. The Bertz CT molecular complexity index is 1210. The first-order valence-corrected chi connectivity index (χ1v) is 10.2. The first-order valence-electron chi connectivity index (χ1n) is 9.43. The van der Waals surface area contributed by atoms with Gasteiger partial charge in [-0.05, 0) is 42.5 Å². The molecule has 2 amide bonds. The van der Waals surface area contributed by atoms with Crippen LogP contribution in [-0.4, -0.2) is 29.8 Å². The highest BCUT2D eigenvalue weighted by atomic mass is 79.9. The summed E-state index contributed by atoms with van der Waals surface area (Å²) in [6.45, 7) is 0.359. The van der Waals surface area contributed by atoms with Gasteiger partial charge in [-0.1, -0.05) is 28.1 Å². The number of nitrogens with one attached hydrogen (secondary N) is 4. The summed E-state index contributed by atoms with van der Waals surface area (Å²) >= 11 is 3.38. The first-order chi connectivity index (χ1) is 15.1. The van der Waals surface area contributed by atoms with Crippen LogP contribution >= 0.6 is 15.9 Å². The van der Waals surface area contributed by atoms with Crippen molar-refractivity contribution in [1.82, 2.24) is 9.97 Å². The van der Waals surface area contributed by atoms with E-state index in [1.54, 1.807) is 19.2 Å². The van der Waals surface area contributed by atoms with Gasteiger partial charge in [0.1, 0.15) is 18.2 Å². The summed E-state index contributed by atoms with van der Waals surface area (Å²) in [5, 5.41) is 8.62. The van der Waals surface area contributed by atoms with Gasteiger partial charge in [0.15, 0.2) is 0 Å². The van der Waals surface area contributed by atoms with E-state index in [1.807, 2.05) is 54.6 Å². The Morgan fingerprint density at radius 2 is 1.74 bits per heavy atom. The Balaban J connectivity index is 1.42. The molecule has 0 radical (unpaired) electrons. The quantitative estimate of drug-likeness (QED) is 0.251. The van der Waals surface area contributed by atoms with Crippen LogP contribution in [0.4, 0.5) is 22.1 Å². The molecule has 31 heavy (non-hydrogen) atoms. The minimum Gasteiger partial charge on any atom is -0.457 e. The number of benzene rings is 3. The lowest BCUT2D eigenvalue weighted by molar-refractivity contribution is 0.220. The third-order valence-electron chi connectivity index (χ3n) is 4.25. The molecule has 158 valence electrons. The molecule has 0 spiro atoms. The molecule has 4 aromatic rings. The van der Waals surface area contributed by atoms with Crippen molar-refractivity contribution >= 4 is 50.3 Å². The fraction of sp³-hybridized carbons (Fsp3) is 0.0909. The van der Waals surface area contributed by atoms with Crippen LogP contribution in [-0.2, 0) is 4.74 Å². The summed E-state index contributed by atoms with van der Waals surface area (Å²) in [7, 11) is 1.61. The number of nitrogens with zero attached hydrogens (tertiary/aromatic N) is 1. The number of urea groups is 1. The molecule has 0 aliphatic carbocycles. The van der Waals surface area contributed by atoms with Crippen molar-refractivity contribution in [2.45, 2.75) is 0 Å². The molecule has 0 aliphatic rings. The van der Waals surface area contributed by atoms with E-state index in [0.717, 1.165) is 15.5 Å². The van der Waals surface area contributed by atoms with Gasteiger partial charge >= 0.3 is 6.03 Å². The zero-order chi connectivity index (χ0) is 21.6. The van der Waals surface area contributed by atoms with Crippen LogP contribution in [0.1, 0.15) is 0 Å². The van der Waals surface area contributed by atoms with E-state index in [-0.39, 0.29) is 6.03 Å². The lowest BCUT2D eigenvalue weighted by Crippen LogP contribution is -2.19. The van der Waals surface area contributed by atoms with Gasteiger partial charge in [0.2, 0.25) is 5.95 Å². The Morgan fingerprint density at radius 1 is 1.00 bits per heavy atom. The van der Waals surface area contributed by atoms with Crippen molar-refractivity contribution in [3.05, 3.63) is 71.2 Å². The average Bonchev–Trinajstić information content (AvgIpc) is 3.14. The second kappa shape index (κ2) is 9.50. The van der Waals surface area contributed by atoms with Crippen molar-refractivity contribution < 1.29 is 14.3 Å². The zero-order valence-corrected chi connectivity index (χ0v) is 18.2. The molecular weight excluding hydrogens is 462 g/mol. The number of ether oxygens (including phenoxy) is 2. The number of anilines is 3. The number of hydrogen-bond donors (Lipinski definition) is 4. The fourth-order valence-electron chi connectivity index (χ4n) is 2.91. The second-order valence-corrected chi connectivity index (χ2v) is 7.51. The summed E-state index contributed by atoms with van der Waals surface area (Å²) in [6.07, 6.45) is 0. The van der Waals surface area contributed by atoms with E-state index in [0.29, 0.717) is 35.6 Å². The number of carbonyl (C=O) groups excluding carboxylic acids is 1. The number of aromatic nitrogens is 2. The van der Waals surface area contributed by atoms with Gasteiger partial charge in [0.05, 0.1) is 11.0 Å². The van der Waals surface area contributed by atoms with E-state index < -0.39 is 0 Å². The number of H-pyrrole nitrogens is 1. The van der Waals surface area contributed by atoms with Crippen LogP contribution in [0.25, 0.3) is 11.0 Å². The minimum absolute atomic E-state index is 0.342. The minimum atomic E-state index is -0.342. The molecular formula is C22H20BrN5O3. The maximum absolute atomic E-state index is 12.3. The summed E-state index contributed by atoms with van der Waals surface area (Å²) in [6, 6.07) is 19.8. The van der Waals surface area contributed by atoms with Crippen LogP contribution < -0.4 is 20.7 Å². The van der Waals surface area contributed by atoms with E-state index in [1.165, 1.54) is 0 Å². The SMILES string of the molecule is COCNc1nc2ccc(Oc3cccc(NC(=O)Nc4cccc(Br)c4)c3)cc2[nH]1. The summed E-state index contributed by atoms with van der Waals surface area (Å²) in [5.41, 5.74) is 2.94. The number of aromatic amines is 1. The van der Waals surface area contributed by atoms with E-state index >= 15 is 0 Å². The van der Waals surface area contributed by atoms with Crippen LogP contribution in [0.3, 0.4) is 0 Å². The van der Waals surface area contributed by atoms with Crippen LogP contribution in [0, 0.1) is 0 Å². The molecule has 8 nitrogen and oxygen atoms in total. The van der Waals surface area contributed by atoms with Crippen molar-refractivity contribution in [3.8, 4) is 11.5 Å². The lowest BCUT2D eigenvalue weighted by atomic mass is 10.3. The smallest absolute Gasteiger partial charge is 0.323 e. The Hall–Kier alpha value is -3.56. The Kier molecular flexibility index (Phi) is 6.34. The topological polar surface area (TPSA) is 100 Å². The number of carbonyl (C=O) groups is 1. The van der Waals surface area contributed by atoms with Gasteiger partial charge in [0.25, 0.3) is 0 Å². The molecule has 1 aromatic heterocycles. The third kappa shape index (κ3) is 5.53. The van der Waals surface area contributed by atoms with Crippen molar-refractivity contribution in [2.24, 2.45) is 0 Å². The first kappa shape index (κ1) is 20.7. The fourth-order valence-corrected chi connectivity index (χ4v) is 3.31. The normalized spacial score (nSPS) is 10.6. The second-order valence-electron chi connectivity index (χ2n) is 6.59. The molecule has 1 heterocycles. The van der Waals surface area contributed by atoms with Gasteiger partial charge in [-0.3, -0.25) is 0 Å². The largest absolute Gasteiger partial charge is 0.457 e. The van der Waals surface area contributed by atoms with Gasteiger partial charge in [0, 0.05) is 35.1 Å². The van der Waals surface area contributed by atoms with Crippen molar-refractivity contribution in [3.63, 3.8) is 0 Å². The molecule has 0 saturated carbocycles. The van der Waals surface area contributed by atoms with Gasteiger partial charge in [-0.2, -0.15) is 0 Å². The van der Waals surface area contributed by atoms with Crippen LogP contribution in [0.5, 0.6) is 11.5 Å². The predicted molar refractivity (Wildman–Crippen MR) is 125 cm³/mol. The predicted octanol–water partition coefficient (Wildman–Crippen LogP) is 5.78. The molecule has 0 atom stereocenters. The Labute approximate surface area is 187 Å². The number of halogens is 1. The highest BCUT2D eigenvalue weighted by molar-refractivity contribution is 9.10. The maximum Gasteiger partial charge on any atom is 0.323 e. The molecule has 0 unspecified atom stereocenters. The molecule has 4 rings (SSSR count). The molecule has 0 saturated heterocycles. The molecule has 9 heteroatoms. The number of fused-ring (bicyclic) bond motifs is 1. The number of hydrogen-bond acceptors (Lipinski definition) is 5. The number of methoxy groups -OCH3 is 1. The molecule has 3 aromatic carbocycles. The number of amides is 2. The van der Waals surface area contributed by atoms with E-state index in [9.17, 15) is 4.79 Å². The highest BCUT2D eigenvalue weighted by Gasteiger charge is 2.07. The van der Waals surface area contributed by atoms with Crippen molar-refractivity contribution in [1.29, 1.82) is 0 Å². The third-order valence-corrected chi connectivity index (χ3v) is 4.74. The molecule has 0 aliphatic heterocycles. The number of rotatable bonds is 7. The number of imidazole rings is 1. The van der Waals surface area contributed by atoms with Gasteiger partial charge < -0.3 is 30.4 Å². The molecule has 0 fully saturated rings. The van der Waals surface area contributed by atoms with Crippen LogP contribution in [0.2, 0.25) is 0 Å². The summed E-state index contributed by atoms with van der Waals surface area (Å²) in [4.78, 5) is 19.9. The monoisotopic (exact) mass is 481 g/mol. The highest BCUT2D eigenvalue weighted by Crippen LogP contribution is 2.27. The summed E-state index contributed by atoms with van der Waals surface area (Å²) in [5.74, 6) is 1.86. The van der Waals surface area contributed by atoms with E-state index in [4.69, 9.17) is 9.47 Å². The Morgan fingerprint density at radius 3 is 2.52 bits per heavy atom. The lowest BCUT2D eigenvalue weighted by Gasteiger charge is -2.10. The van der Waals surface area contributed by atoms with Crippen LogP contribution in [0.15, 0.2) is 71.2 Å². The summed E-state index contributed by atoms with van der Waals surface area (Å²) < 4.78 is 11.8. The van der Waals surface area contributed by atoms with E-state index in [2.05, 4.69) is 41.8 Å². The molecule has 0 bridgehead atoms. The van der Waals surface area contributed by atoms with Gasteiger partial charge in [-0.15, -0.1) is 0 Å².